The topological polar surface area (TPSA) is 70.2 Å². The molecule has 4 aliphatic rings. The Kier molecular flexibility index (Phi) is 5.81. The summed E-state index contributed by atoms with van der Waals surface area (Å²) in [6, 6.07) is 14.9. The van der Waals surface area contributed by atoms with Gasteiger partial charge >= 0.3 is 0 Å². The molecule has 3 aromatic rings. The second-order valence-electron chi connectivity index (χ2n) is 9.34. The Labute approximate surface area is 199 Å². The summed E-state index contributed by atoms with van der Waals surface area (Å²) in [6.07, 6.45) is 7.91. The SMILES string of the molecule is O[C@H](COc1cccc2[nH]ccc12)CN1C[C@@H]2CC=CC[C@H]1CN2c1ccc2c(c1)OCCO2. The van der Waals surface area contributed by atoms with Crippen LogP contribution in [0.5, 0.6) is 17.2 Å². The maximum absolute atomic E-state index is 10.9. The summed E-state index contributed by atoms with van der Waals surface area (Å²) in [5.74, 6) is 2.46. The number of piperazine rings is 1. The highest BCUT2D eigenvalue weighted by atomic mass is 16.6. The van der Waals surface area contributed by atoms with E-state index in [-0.39, 0.29) is 6.61 Å². The first-order valence-corrected chi connectivity index (χ1v) is 12.2. The number of rotatable bonds is 6. The average Bonchev–Trinajstić information content (AvgIpc) is 3.33. The van der Waals surface area contributed by atoms with E-state index in [2.05, 4.69) is 39.1 Å². The third-order valence-electron chi connectivity index (χ3n) is 7.08. The summed E-state index contributed by atoms with van der Waals surface area (Å²) in [7, 11) is 0. The zero-order valence-corrected chi connectivity index (χ0v) is 19.2. The second kappa shape index (κ2) is 9.24. The number of nitrogens with zero attached hydrogens (tertiary/aromatic N) is 2. The van der Waals surface area contributed by atoms with E-state index < -0.39 is 6.10 Å². The smallest absolute Gasteiger partial charge is 0.163 e. The second-order valence-corrected chi connectivity index (χ2v) is 9.34. The van der Waals surface area contributed by atoms with Gasteiger partial charge in [0.25, 0.3) is 0 Å². The molecule has 1 saturated heterocycles. The molecule has 34 heavy (non-hydrogen) atoms. The fraction of sp³-hybridized carbons (Fsp3) is 0.407. The van der Waals surface area contributed by atoms with Crippen LogP contribution in [-0.4, -0.2) is 72.6 Å². The fourth-order valence-electron chi connectivity index (χ4n) is 5.38. The molecule has 0 amide bonds. The lowest BCUT2D eigenvalue weighted by molar-refractivity contribution is 0.0408. The predicted molar refractivity (Wildman–Crippen MR) is 132 cm³/mol. The molecule has 0 radical (unpaired) electrons. The van der Waals surface area contributed by atoms with Gasteiger partial charge in [0, 0.05) is 60.6 Å². The molecule has 5 heterocycles. The minimum absolute atomic E-state index is 0.278. The molecule has 2 N–H and O–H groups in total. The maximum Gasteiger partial charge on any atom is 0.163 e. The first-order valence-electron chi connectivity index (χ1n) is 12.2. The van der Waals surface area contributed by atoms with Crippen molar-refractivity contribution in [3.8, 4) is 17.2 Å². The standard InChI is InChI=1S/C27H31N3O4/c31-22(18-34-25-7-3-6-24-23(25)10-11-28-24)17-29-15-21-5-2-1-4-20(29)16-30(21)19-8-9-26-27(14-19)33-13-12-32-26/h1-3,6-11,14,20-22,28,31H,4-5,12-13,15-18H2/t20-,21-,22-/m0/s1. The summed E-state index contributed by atoms with van der Waals surface area (Å²) in [5, 5.41) is 11.9. The van der Waals surface area contributed by atoms with Gasteiger partial charge in [-0.1, -0.05) is 18.2 Å². The van der Waals surface area contributed by atoms with Gasteiger partial charge in [0.15, 0.2) is 11.5 Å². The molecule has 7 heteroatoms. The van der Waals surface area contributed by atoms with E-state index in [1.807, 2.05) is 36.5 Å². The number of benzene rings is 2. The van der Waals surface area contributed by atoms with Gasteiger partial charge in [-0.25, -0.2) is 0 Å². The number of fused-ring (bicyclic) bond motifs is 6. The molecule has 178 valence electrons. The molecule has 1 aromatic heterocycles. The number of hydrogen-bond acceptors (Lipinski definition) is 6. The van der Waals surface area contributed by atoms with E-state index >= 15 is 0 Å². The zero-order chi connectivity index (χ0) is 22.9. The first kappa shape index (κ1) is 21.4. The quantitative estimate of drug-likeness (QED) is 0.547. The van der Waals surface area contributed by atoms with E-state index in [1.165, 1.54) is 5.69 Å². The van der Waals surface area contributed by atoms with E-state index in [0.29, 0.717) is 31.8 Å². The predicted octanol–water partition coefficient (Wildman–Crippen LogP) is 3.59. The highest BCUT2D eigenvalue weighted by molar-refractivity contribution is 5.85. The molecule has 2 aromatic carbocycles. The van der Waals surface area contributed by atoms with Gasteiger partial charge in [0.1, 0.15) is 31.7 Å². The van der Waals surface area contributed by atoms with Gasteiger partial charge in [0.05, 0.1) is 0 Å². The number of hydrogen-bond donors (Lipinski definition) is 2. The minimum Gasteiger partial charge on any atom is -0.490 e. The number of aliphatic hydroxyl groups excluding tert-OH is 1. The number of ether oxygens (including phenoxy) is 3. The van der Waals surface area contributed by atoms with E-state index in [0.717, 1.165) is 54.1 Å². The van der Waals surface area contributed by atoms with Gasteiger partial charge < -0.3 is 29.2 Å². The van der Waals surface area contributed by atoms with Crippen molar-refractivity contribution in [2.75, 3.05) is 44.4 Å². The van der Waals surface area contributed by atoms with Crippen LogP contribution in [0.3, 0.4) is 0 Å². The van der Waals surface area contributed by atoms with Crippen LogP contribution < -0.4 is 19.1 Å². The molecule has 1 fully saturated rings. The van der Waals surface area contributed by atoms with E-state index in [1.54, 1.807) is 0 Å². The Bertz CT molecular complexity index is 1180. The molecular weight excluding hydrogens is 430 g/mol. The third kappa shape index (κ3) is 4.21. The van der Waals surface area contributed by atoms with E-state index in [4.69, 9.17) is 14.2 Å². The highest BCUT2D eigenvalue weighted by Gasteiger charge is 2.35. The average molecular weight is 462 g/mol. The van der Waals surface area contributed by atoms with Crippen molar-refractivity contribution >= 4 is 16.6 Å². The molecule has 0 saturated carbocycles. The number of aliphatic hydroxyl groups is 1. The van der Waals surface area contributed by atoms with Crippen LogP contribution in [0.4, 0.5) is 5.69 Å². The lowest BCUT2D eigenvalue weighted by Gasteiger charge is -2.49. The summed E-state index contributed by atoms with van der Waals surface area (Å²) in [6.45, 7) is 3.91. The van der Waals surface area contributed by atoms with Gasteiger partial charge in [-0.3, -0.25) is 4.90 Å². The summed E-state index contributed by atoms with van der Waals surface area (Å²) >= 11 is 0. The monoisotopic (exact) mass is 461 g/mol. The lowest BCUT2D eigenvalue weighted by Crippen LogP contribution is -2.60. The Morgan fingerprint density at radius 1 is 1.00 bits per heavy atom. The van der Waals surface area contributed by atoms with Crippen LogP contribution in [0.25, 0.3) is 10.9 Å². The molecule has 4 aliphatic heterocycles. The highest BCUT2D eigenvalue weighted by Crippen LogP contribution is 2.37. The Balaban J connectivity index is 1.13. The molecular formula is C27H31N3O4. The Morgan fingerprint density at radius 3 is 2.76 bits per heavy atom. The van der Waals surface area contributed by atoms with Crippen LogP contribution in [0, 0.1) is 0 Å². The maximum atomic E-state index is 10.9. The minimum atomic E-state index is -0.554. The first-order chi connectivity index (χ1) is 16.7. The number of H-pyrrole nitrogens is 1. The summed E-state index contributed by atoms with van der Waals surface area (Å²) in [5.41, 5.74) is 2.22. The van der Waals surface area contributed by atoms with Gasteiger partial charge in [-0.05, 0) is 43.2 Å². The van der Waals surface area contributed by atoms with E-state index in [9.17, 15) is 5.11 Å². The van der Waals surface area contributed by atoms with Crippen molar-refractivity contribution in [2.24, 2.45) is 0 Å². The Hall–Kier alpha value is -3.16. The zero-order valence-electron chi connectivity index (χ0n) is 19.2. The largest absolute Gasteiger partial charge is 0.490 e. The van der Waals surface area contributed by atoms with Crippen molar-refractivity contribution in [3.63, 3.8) is 0 Å². The molecule has 7 nitrogen and oxygen atoms in total. The van der Waals surface area contributed by atoms with Gasteiger partial charge in [-0.2, -0.15) is 0 Å². The number of aromatic amines is 1. The molecule has 0 unspecified atom stereocenters. The van der Waals surface area contributed by atoms with Crippen LogP contribution in [-0.2, 0) is 0 Å². The molecule has 3 atom stereocenters. The normalized spacial score (nSPS) is 23.0. The van der Waals surface area contributed by atoms with Crippen LogP contribution in [0.2, 0.25) is 0 Å². The van der Waals surface area contributed by atoms with Gasteiger partial charge in [0.2, 0.25) is 0 Å². The molecule has 2 bridgehead atoms. The van der Waals surface area contributed by atoms with Crippen molar-refractivity contribution in [3.05, 3.63) is 60.8 Å². The molecule has 7 rings (SSSR count). The third-order valence-corrected chi connectivity index (χ3v) is 7.08. The molecule has 0 aliphatic carbocycles. The Morgan fingerprint density at radius 2 is 1.85 bits per heavy atom. The van der Waals surface area contributed by atoms with Crippen molar-refractivity contribution in [1.82, 2.24) is 9.88 Å². The summed E-state index contributed by atoms with van der Waals surface area (Å²) in [4.78, 5) is 8.14. The lowest BCUT2D eigenvalue weighted by atomic mass is 9.96. The van der Waals surface area contributed by atoms with Crippen molar-refractivity contribution in [2.45, 2.75) is 31.0 Å². The van der Waals surface area contributed by atoms with Crippen LogP contribution in [0.1, 0.15) is 12.8 Å². The number of aromatic nitrogens is 1. The fourth-order valence-corrected chi connectivity index (χ4v) is 5.38. The number of nitrogens with one attached hydrogen (secondary N) is 1. The van der Waals surface area contributed by atoms with Crippen LogP contribution in [0.15, 0.2) is 60.8 Å². The van der Waals surface area contributed by atoms with Crippen molar-refractivity contribution in [1.29, 1.82) is 0 Å². The number of anilines is 1. The molecule has 0 spiro atoms. The van der Waals surface area contributed by atoms with Crippen LogP contribution >= 0.6 is 0 Å². The van der Waals surface area contributed by atoms with Crippen molar-refractivity contribution < 1.29 is 19.3 Å². The van der Waals surface area contributed by atoms with Gasteiger partial charge in [-0.15, -0.1) is 0 Å². The summed E-state index contributed by atoms with van der Waals surface area (Å²) < 4.78 is 17.5.